The molecule has 0 fully saturated rings. The predicted molar refractivity (Wildman–Crippen MR) is 87.1 cm³/mol. The van der Waals surface area contributed by atoms with Gasteiger partial charge in [0.05, 0.1) is 6.20 Å². The van der Waals surface area contributed by atoms with Crippen LogP contribution in [0.2, 0.25) is 18.1 Å². The summed E-state index contributed by atoms with van der Waals surface area (Å²) in [6.07, 6.45) is 0.560. The van der Waals surface area contributed by atoms with Gasteiger partial charge in [-0.1, -0.05) is 20.8 Å². The molecule has 0 saturated heterocycles. The first kappa shape index (κ1) is 18.1. The van der Waals surface area contributed by atoms with Crippen LogP contribution in [-0.2, 0) is 9.22 Å². The molecule has 118 valence electrons. The van der Waals surface area contributed by atoms with Crippen molar-refractivity contribution in [3.8, 4) is 5.75 Å². The fraction of sp³-hybridized carbons (Fsp3) is 0.571. The zero-order chi connectivity index (χ0) is 16.3. The van der Waals surface area contributed by atoms with Gasteiger partial charge in [0.15, 0.2) is 14.4 Å². The lowest BCUT2D eigenvalue weighted by molar-refractivity contribution is -0.147. The zero-order valence-corrected chi connectivity index (χ0v) is 15.6. The number of hydrogen-bond donors (Lipinski definition) is 1. The van der Waals surface area contributed by atoms with Crippen molar-refractivity contribution in [3.63, 3.8) is 0 Å². The number of nitrogens with zero attached hydrogens (tertiary/aromatic N) is 1. The summed E-state index contributed by atoms with van der Waals surface area (Å²) in [4.78, 5) is 15.4. The Morgan fingerprint density at radius 2 is 2.05 bits per heavy atom. The standard InChI is InChI=1S/C14H22BrNO4Si/c1-14(2,3)21(4,5)20-11(13(17)18)9-19-10-6-7-12(15)16-8-10/h6-8,11H,9H2,1-5H3,(H,17,18). The molecule has 1 N–H and O–H groups in total. The van der Waals surface area contributed by atoms with Crippen molar-refractivity contribution in [1.82, 2.24) is 4.98 Å². The Labute approximate surface area is 134 Å². The molecule has 1 aromatic rings. The van der Waals surface area contributed by atoms with Crippen LogP contribution in [0, 0.1) is 0 Å². The predicted octanol–water partition coefficient (Wildman–Crippen LogP) is 3.70. The number of pyridine rings is 1. The Hall–Kier alpha value is -0.923. The molecule has 0 saturated carbocycles. The maximum atomic E-state index is 11.4. The highest BCUT2D eigenvalue weighted by molar-refractivity contribution is 9.10. The smallest absolute Gasteiger partial charge is 0.335 e. The van der Waals surface area contributed by atoms with Gasteiger partial charge in [-0.3, -0.25) is 0 Å². The molecular weight excluding hydrogens is 354 g/mol. The van der Waals surface area contributed by atoms with Gasteiger partial charge in [0.2, 0.25) is 0 Å². The van der Waals surface area contributed by atoms with E-state index in [1.165, 1.54) is 6.20 Å². The third-order valence-electron chi connectivity index (χ3n) is 3.62. The average molecular weight is 376 g/mol. The molecule has 0 aromatic carbocycles. The number of halogens is 1. The van der Waals surface area contributed by atoms with Crippen LogP contribution in [0.25, 0.3) is 0 Å². The van der Waals surface area contributed by atoms with E-state index in [2.05, 4.69) is 41.7 Å². The minimum absolute atomic E-state index is 0.0366. The van der Waals surface area contributed by atoms with E-state index in [1.807, 2.05) is 13.1 Å². The fourth-order valence-electron chi connectivity index (χ4n) is 1.31. The van der Waals surface area contributed by atoms with E-state index < -0.39 is 20.4 Å². The van der Waals surface area contributed by atoms with Crippen LogP contribution in [0.3, 0.4) is 0 Å². The number of carboxylic acids is 1. The SMILES string of the molecule is CC(C)(C)[Si](C)(C)OC(COc1ccc(Br)nc1)C(=O)O. The number of rotatable bonds is 6. The number of aliphatic carboxylic acids is 1. The van der Waals surface area contributed by atoms with Crippen LogP contribution in [-0.4, -0.2) is 37.1 Å². The van der Waals surface area contributed by atoms with Crippen molar-refractivity contribution >= 4 is 30.2 Å². The molecule has 5 nitrogen and oxygen atoms in total. The molecule has 1 atom stereocenters. The second-order valence-corrected chi connectivity index (χ2v) is 11.9. The van der Waals surface area contributed by atoms with Crippen molar-refractivity contribution in [3.05, 3.63) is 22.9 Å². The Kier molecular flexibility index (Phi) is 5.95. The maximum absolute atomic E-state index is 11.4. The lowest BCUT2D eigenvalue weighted by atomic mass is 10.2. The summed E-state index contributed by atoms with van der Waals surface area (Å²) in [7, 11) is -2.16. The topological polar surface area (TPSA) is 68.7 Å². The first-order chi connectivity index (χ1) is 9.53. The van der Waals surface area contributed by atoms with Crippen LogP contribution < -0.4 is 4.74 Å². The molecule has 1 unspecified atom stereocenters. The van der Waals surface area contributed by atoms with Gasteiger partial charge in [-0.2, -0.15) is 0 Å². The fourth-order valence-corrected chi connectivity index (χ4v) is 2.78. The Balaban J connectivity index is 2.71. The Morgan fingerprint density at radius 3 is 2.48 bits per heavy atom. The number of carboxylic acid groups (broad SMARTS) is 1. The van der Waals surface area contributed by atoms with E-state index in [-0.39, 0.29) is 11.6 Å². The summed E-state index contributed by atoms with van der Waals surface area (Å²) in [5.74, 6) is -0.492. The molecule has 0 aliphatic rings. The lowest BCUT2D eigenvalue weighted by Gasteiger charge is -2.38. The van der Waals surface area contributed by atoms with E-state index in [1.54, 1.807) is 12.1 Å². The summed E-state index contributed by atoms with van der Waals surface area (Å²) >= 11 is 3.23. The highest BCUT2D eigenvalue weighted by atomic mass is 79.9. The third kappa shape index (κ3) is 5.41. The number of hydrogen-bond acceptors (Lipinski definition) is 4. The largest absolute Gasteiger partial charge is 0.489 e. The van der Waals surface area contributed by atoms with Gasteiger partial charge < -0.3 is 14.3 Å². The highest BCUT2D eigenvalue weighted by Gasteiger charge is 2.41. The minimum Gasteiger partial charge on any atom is -0.489 e. The monoisotopic (exact) mass is 375 g/mol. The third-order valence-corrected chi connectivity index (χ3v) is 8.58. The molecule has 0 radical (unpaired) electrons. The van der Waals surface area contributed by atoms with Crippen molar-refractivity contribution < 1.29 is 19.1 Å². The van der Waals surface area contributed by atoms with Crippen LogP contribution in [0.5, 0.6) is 5.75 Å². The van der Waals surface area contributed by atoms with E-state index in [9.17, 15) is 9.90 Å². The molecule has 0 aliphatic carbocycles. The van der Waals surface area contributed by atoms with Crippen LogP contribution >= 0.6 is 15.9 Å². The number of ether oxygens (including phenoxy) is 1. The summed E-state index contributed by atoms with van der Waals surface area (Å²) in [6.45, 7) is 10.2. The molecule has 0 amide bonds. The van der Waals surface area contributed by atoms with Gasteiger partial charge in [-0.25, -0.2) is 9.78 Å². The Morgan fingerprint density at radius 1 is 1.43 bits per heavy atom. The van der Waals surface area contributed by atoms with Crippen molar-refractivity contribution in [2.45, 2.75) is 45.0 Å². The molecule has 0 bridgehead atoms. The molecule has 1 heterocycles. The average Bonchev–Trinajstić information content (AvgIpc) is 2.34. The summed E-state index contributed by atoms with van der Waals surface area (Å²) in [6, 6.07) is 3.46. The Bertz CT molecular complexity index is 485. The molecule has 1 aromatic heterocycles. The van der Waals surface area contributed by atoms with Crippen LogP contribution in [0.15, 0.2) is 22.9 Å². The molecule has 0 aliphatic heterocycles. The van der Waals surface area contributed by atoms with E-state index in [4.69, 9.17) is 9.16 Å². The van der Waals surface area contributed by atoms with Gasteiger partial charge in [0, 0.05) is 0 Å². The van der Waals surface area contributed by atoms with Crippen LogP contribution in [0.4, 0.5) is 0 Å². The highest BCUT2D eigenvalue weighted by Crippen LogP contribution is 2.37. The molecule has 21 heavy (non-hydrogen) atoms. The first-order valence-corrected chi connectivity index (χ1v) is 10.4. The van der Waals surface area contributed by atoms with Crippen molar-refractivity contribution in [2.24, 2.45) is 0 Å². The normalized spacial score (nSPS) is 13.8. The minimum atomic E-state index is -2.16. The number of carbonyl (C=O) groups is 1. The first-order valence-electron chi connectivity index (χ1n) is 6.68. The molecular formula is C14H22BrNO4Si. The van der Waals surface area contributed by atoms with E-state index >= 15 is 0 Å². The quantitative estimate of drug-likeness (QED) is 0.606. The van der Waals surface area contributed by atoms with Gasteiger partial charge >= 0.3 is 5.97 Å². The van der Waals surface area contributed by atoms with Gasteiger partial charge in [0.25, 0.3) is 0 Å². The van der Waals surface area contributed by atoms with Crippen molar-refractivity contribution in [2.75, 3.05) is 6.61 Å². The van der Waals surface area contributed by atoms with E-state index in [0.29, 0.717) is 10.4 Å². The summed E-state index contributed by atoms with van der Waals surface area (Å²) < 4.78 is 12.1. The zero-order valence-electron chi connectivity index (χ0n) is 13.0. The lowest BCUT2D eigenvalue weighted by Crippen LogP contribution is -2.47. The van der Waals surface area contributed by atoms with Gasteiger partial charge in [-0.05, 0) is 46.2 Å². The number of aromatic nitrogens is 1. The van der Waals surface area contributed by atoms with Crippen LogP contribution in [0.1, 0.15) is 20.8 Å². The van der Waals surface area contributed by atoms with E-state index in [0.717, 1.165) is 0 Å². The van der Waals surface area contributed by atoms with Gasteiger partial charge in [-0.15, -0.1) is 0 Å². The second kappa shape index (κ2) is 6.89. The molecule has 1 rings (SSSR count). The summed E-state index contributed by atoms with van der Waals surface area (Å²) in [5, 5.41) is 9.26. The van der Waals surface area contributed by atoms with Gasteiger partial charge in [0.1, 0.15) is 17.0 Å². The second-order valence-electron chi connectivity index (χ2n) is 6.33. The van der Waals surface area contributed by atoms with Crippen molar-refractivity contribution in [1.29, 1.82) is 0 Å². The molecule has 0 spiro atoms. The summed E-state index contributed by atoms with van der Waals surface area (Å²) in [5.41, 5.74) is 0. The maximum Gasteiger partial charge on any atom is 0.335 e. The molecule has 7 heteroatoms.